The number of aliphatic hydroxyl groups is 1. The number of nitrogen functional groups attached to an aromatic ring is 1. The van der Waals surface area contributed by atoms with Gasteiger partial charge in [-0.2, -0.15) is 5.10 Å². The maximum absolute atomic E-state index is 11.6. The second-order valence-electron chi connectivity index (χ2n) is 7.24. The fourth-order valence-corrected chi connectivity index (χ4v) is 2.96. The Bertz CT molecular complexity index is 862. The highest BCUT2D eigenvalue weighted by molar-refractivity contribution is 5.62. The van der Waals surface area contributed by atoms with Crippen LogP contribution in [0, 0.1) is 5.41 Å². The van der Waals surface area contributed by atoms with E-state index in [9.17, 15) is 5.11 Å². The van der Waals surface area contributed by atoms with E-state index in [1.54, 1.807) is 17.1 Å². The number of aryl methyl sites for hydroxylation is 1. The lowest BCUT2D eigenvalue weighted by atomic mass is 9.70. The number of rotatable bonds is 3. The summed E-state index contributed by atoms with van der Waals surface area (Å²) in [5, 5.41) is 16.0. The smallest absolute Gasteiger partial charge is 0.219 e. The van der Waals surface area contributed by atoms with Crippen molar-refractivity contribution in [1.82, 2.24) is 19.7 Å². The van der Waals surface area contributed by atoms with Gasteiger partial charge in [0.25, 0.3) is 0 Å². The molecule has 0 aliphatic carbocycles. The molecular weight excluding hydrogens is 314 g/mol. The van der Waals surface area contributed by atoms with Gasteiger partial charge in [0.05, 0.1) is 5.69 Å². The van der Waals surface area contributed by atoms with Crippen molar-refractivity contribution in [1.29, 1.82) is 0 Å². The van der Waals surface area contributed by atoms with Gasteiger partial charge in [-0.3, -0.25) is 4.68 Å². The predicted octanol–water partition coefficient (Wildman–Crippen LogP) is 2.74. The van der Waals surface area contributed by atoms with Crippen molar-refractivity contribution in [3.05, 3.63) is 60.2 Å². The fraction of sp³-hybridized carbons (Fsp3) is 0.316. The highest BCUT2D eigenvalue weighted by Gasteiger charge is 2.45. The van der Waals surface area contributed by atoms with Gasteiger partial charge in [-0.15, -0.1) is 0 Å². The Kier molecular flexibility index (Phi) is 4.08. The Morgan fingerprint density at radius 2 is 1.56 bits per heavy atom. The highest BCUT2D eigenvalue weighted by Crippen LogP contribution is 2.44. The zero-order valence-corrected chi connectivity index (χ0v) is 14.9. The van der Waals surface area contributed by atoms with Gasteiger partial charge in [-0.05, 0) is 17.2 Å². The summed E-state index contributed by atoms with van der Waals surface area (Å²) in [6.07, 6.45) is 5.21. The summed E-state index contributed by atoms with van der Waals surface area (Å²) < 4.78 is 1.70. The molecule has 0 radical (unpaired) electrons. The number of nitrogens with zero attached hydrogens (tertiary/aromatic N) is 4. The molecule has 0 saturated heterocycles. The van der Waals surface area contributed by atoms with Crippen LogP contribution in [0.4, 0.5) is 5.95 Å². The second kappa shape index (κ2) is 5.97. The molecule has 3 N–H and O–H groups in total. The molecular formula is C19H23N5O. The molecule has 1 aromatic carbocycles. The van der Waals surface area contributed by atoms with Crippen LogP contribution in [-0.4, -0.2) is 24.9 Å². The zero-order valence-electron chi connectivity index (χ0n) is 14.9. The summed E-state index contributed by atoms with van der Waals surface area (Å²) in [7, 11) is 1.84. The Hall–Kier alpha value is -2.73. The third-order valence-corrected chi connectivity index (χ3v) is 4.48. The Labute approximate surface area is 147 Å². The molecule has 0 bridgehead atoms. The van der Waals surface area contributed by atoms with E-state index in [2.05, 4.69) is 15.1 Å². The Morgan fingerprint density at radius 1 is 0.960 bits per heavy atom. The van der Waals surface area contributed by atoms with Gasteiger partial charge >= 0.3 is 0 Å². The van der Waals surface area contributed by atoms with Gasteiger partial charge in [-0.25, -0.2) is 9.97 Å². The summed E-state index contributed by atoms with van der Waals surface area (Å²) in [5.41, 5.74) is 7.15. The number of hydrogen-bond donors (Lipinski definition) is 2. The van der Waals surface area contributed by atoms with Crippen LogP contribution in [0.5, 0.6) is 0 Å². The van der Waals surface area contributed by atoms with Crippen molar-refractivity contribution in [3.63, 3.8) is 0 Å². The van der Waals surface area contributed by atoms with Crippen molar-refractivity contribution in [2.24, 2.45) is 12.5 Å². The first kappa shape index (κ1) is 17.1. The summed E-state index contributed by atoms with van der Waals surface area (Å²) in [6, 6.07) is 9.60. The first-order chi connectivity index (χ1) is 11.7. The van der Waals surface area contributed by atoms with Gasteiger partial charge in [0.15, 0.2) is 0 Å². The van der Waals surface area contributed by atoms with E-state index < -0.39 is 11.0 Å². The van der Waals surface area contributed by atoms with Crippen molar-refractivity contribution in [3.8, 4) is 11.1 Å². The van der Waals surface area contributed by atoms with E-state index in [0.717, 1.165) is 16.7 Å². The van der Waals surface area contributed by atoms with E-state index >= 15 is 0 Å². The molecule has 0 fully saturated rings. The van der Waals surface area contributed by atoms with Gasteiger partial charge in [0.2, 0.25) is 5.95 Å². The minimum Gasteiger partial charge on any atom is -0.378 e. The van der Waals surface area contributed by atoms with Crippen LogP contribution < -0.4 is 5.73 Å². The maximum Gasteiger partial charge on any atom is 0.219 e. The standard InChI is InChI=1S/C19H23N5O/c1-18(2,3)19(25,16-9-10-24(4)23-16)15-7-5-13(6-8-15)14-11-21-17(20)22-12-14/h5-12,25H,1-4H3,(H2,20,21,22). The van der Waals surface area contributed by atoms with Crippen LogP contribution in [0.25, 0.3) is 11.1 Å². The SMILES string of the molecule is Cn1ccc(C(O)(c2ccc(-c3cnc(N)nc3)cc2)C(C)(C)C)n1. The molecule has 1 unspecified atom stereocenters. The second-order valence-corrected chi connectivity index (χ2v) is 7.24. The van der Waals surface area contributed by atoms with Crippen LogP contribution in [0.1, 0.15) is 32.0 Å². The van der Waals surface area contributed by atoms with Crippen LogP contribution in [0.3, 0.4) is 0 Å². The summed E-state index contributed by atoms with van der Waals surface area (Å²) in [4.78, 5) is 8.04. The summed E-state index contributed by atoms with van der Waals surface area (Å²) in [6.45, 7) is 6.01. The molecule has 2 heterocycles. The van der Waals surface area contributed by atoms with Crippen molar-refractivity contribution >= 4 is 5.95 Å². The third-order valence-electron chi connectivity index (χ3n) is 4.48. The molecule has 3 rings (SSSR count). The number of hydrogen-bond acceptors (Lipinski definition) is 5. The summed E-state index contributed by atoms with van der Waals surface area (Å²) >= 11 is 0. The van der Waals surface area contributed by atoms with Crippen molar-refractivity contribution in [2.45, 2.75) is 26.4 Å². The molecule has 6 nitrogen and oxygen atoms in total. The molecule has 0 amide bonds. The van der Waals surface area contributed by atoms with E-state index in [1.165, 1.54) is 0 Å². The molecule has 0 saturated carbocycles. The zero-order chi connectivity index (χ0) is 18.2. The summed E-state index contributed by atoms with van der Waals surface area (Å²) in [5.74, 6) is 0.248. The lowest BCUT2D eigenvalue weighted by molar-refractivity contribution is -0.0299. The maximum atomic E-state index is 11.6. The first-order valence-corrected chi connectivity index (χ1v) is 8.13. The minimum atomic E-state index is -1.20. The quantitative estimate of drug-likeness (QED) is 0.767. The van der Waals surface area contributed by atoms with Crippen LogP contribution in [0.2, 0.25) is 0 Å². The molecule has 2 aromatic heterocycles. The average Bonchev–Trinajstić information content (AvgIpc) is 3.01. The van der Waals surface area contributed by atoms with Gasteiger partial charge in [0, 0.05) is 36.6 Å². The van der Waals surface area contributed by atoms with Crippen molar-refractivity contribution < 1.29 is 5.11 Å². The van der Waals surface area contributed by atoms with Crippen LogP contribution >= 0.6 is 0 Å². The lowest BCUT2D eigenvalue weighted by Gasteiger charge is -2.39. The van der Waals surface area contributed by atoms with E-state index in [4.69, 9.17) is 5.73 Å². The third kappa shape index (κ3) is 3.00. The van der Waals surface area contributed by atoms with Crippen LogP contribution in [0.15, 0.2) is 48.9 Å². The van der Waals surface area contributed by atoms with E-state index in [0.29, 0.717) is 5.69 Å². The number of benzene rings is 1. The van der Waals surface area contributed by atoms with E-state index in [1.807, 2.05) is 64.3 Å². The number of anilines is 1. The van der Waals surface area contributed by atoms with Gasteiger partial charge in [0.1, 0.15) is 5.60 Å². The monoisotopic (exact) mass is 337 g/mol. The Morgan fingerprint density at radius 3 is 2.04 bits per heavy atom. The normalized spacial score (nSPS) is 14.3. The van der Waals surface area contributed by atoms with E-state index in [-0.39, 0.29) is 5.95 Å². The number of aromatic nitrogens is 4. The molecule has 25 heavy (non-hydrogen) atoms. The van der Waals surface area contributed by atoms with Gasteiger partial charge < -0.3 is 10.8 Å². The molecule has 6 heteroatoms. The molecule has 130 valence electrons. The largest absolute Gasteiger partial charge is 0.378 e. The highest BCUT2D eigenvalue weighted by atomic mass is 16.3. The van der Waals surface area contributed by atoms with Crippen LogP contribution in [-0.2, 0) is 12.6 Å². The molecule has 0 spiro atoms. The predicted molar refractivity (Wildman–Crippen MR) is 97.5 cm³/mol. The molecule has 3 aromatic rings. The first-order valence-electron chi connectivity index (χ1n) is 8.13. The lowest BCUT2D eigenvalue weighted by Crippen LogP contribution is -2.41. The molecule has 0 aliphatic heterocycles. The average molecular weight is 337 g/mol. The molecule has 1 atom stereocenters. The van der Waals surface area contributed by atoms with Crippen molar-refractivity contribution in [2.75, 3.05) is 5.73 Å². The fourth-order valence-electron chi connectivity index (χ4n) is 2.96. The minimum absolute atomic E-state index is 0.248. The van der Waals surface area contributed by atoms with Gasteiger partial charge in [-0.1, -0.05) is 45.0 Å². The topological polar surface area (TPSA) is 89.8 Å². The molecule has 0 aliphatic rings. The number of nitrogens with two attached hydrogens (primary N) is 1. The Balaban J connectivity index is 2.04.